The fraction of sp³-hybridized carbons (Fsp3) is 0.600. The summed E-state index contributed by atoms with van der Waals surface area (Å²) in [5.74, 6) is 1.14. The van der Waals surface area contributed by atoms with E-state index in [9.17, 15) is 5.11 Å². The smallest absolute Gasteiger partial charge is 0.0440 e. The predicted octanol–water partition coefficient (Wildman–Crippen LogP) is 4.39. The molecule has 0 amide bonds. The van der Waals surface area contributed by atoms with Crippen LogP contribution in [0.25, 0.3) is 0 Å². The summed E-state index contributed by atoms with van der Waals surface area (Å²) < 4.78 is 0. The summed E-state index contributed by atoms with van der Waals surface area (Å²) in [7, 11) is 0. The minimum atomic E-state index is 0.256. The second kappa shape index (κ2) is 6.42. The lowest BCUT2D eigenvalue weighted by Gasteiger charge is -2.30. The standard InChI is InChI=1S/C15H21ClO/c16-15-9-5-4-8-14(15)13(10-11-17)12-6-2-1-3-7-12/h4-5,8-9,12-13,17H,1-3,6-7,10-11H2. The number of hydrogen-bond donors (Lipinski definition) is 1. The highest BCUT2D eigenvalue weighted by Gasteiger charge is 2.25. The summed E-state index contributed by atoms with van der Waals surface area (Å²) >= 11 is 6.29. The van der Waals surface area contributed by atoms with Gasteiger partial charge in [0.15, 0.2) is 0 Å². The van der Waals surface area contributed by atoms with Crippen molar-refractivity contribution < 1.29 is 5.11 Å². The molecule has 1 nitrogen and oxygen atoms in total. The Morgan fingerprint density at radius 1 is 1.18 bits per heavy atom. The van der Waals surface area contributed by atoms with Crippen molar-refractivity contribution in [3.63, 3.8) is 0 Å². The summed E-state index contributed by atoms with van der Waals surface area (Å²) in [4.78, 5) is 0. The molecule has 1 atom stereocenters. The zero-order chi connectivity index (χ0) is 12.1. The lowest BCUT2D eigenvalue weighted by molar-refractivity contribution is 0.229. The molecule has 0 spiro atoms. The molecule has 94 valence electrons. The molecule has 0 radical (unpaired) electrons. The Balaban J connectivity index is 2.18. The van der Waals surface area contributed by atoms with Gasteiger partial charge in [0.25, 0.3) is 0 Å². The molecule has 1 aromatic carbocycles. The first kappa shape index (κ1) is 12.9. The zero-order valence-electron chi connectivity index (χ0n) is 10.2. The molecule has 0 aromatic heterocycles. The lowest BCUT2D eigenvalue weighted by Crippen LogP contribution is -2.18. The fourth-order valence-corrected chi connectivity index (χ4v) is 3.37. The molecule has 2 heteroatoms. The van der Waals surface area contributed by atoms with Gasteiger partial charge >= 0.3 is 0 Å². The Labute approximate surface area is 109 Å². The Morgan fingerprint density at radius 2 is 1.88 bits per heavy atom. The molecule has 1 fully saturated rings. The molecular weight excluding hydrogens is 232 g/mol. The number of aliphatic hydroxyl groups is 1. The van der Waals surface area contributed by atoms with Crippen LogP contribution in [0.4, 0.5) is 0 Å². The van der Waals surface area contributed by atoms with Crippen molar-refractivity contribution in [2.75, 3.05) is 6.61 Å². The third-order valence-corrected chi connectivity index (χ3v) is 4.31. The Kier molecular flexibility index (Phi) is 4.87. The Hall–Kier alpha value is -0.530. The molecule has 1 aliphatic rings. The normalized spacial score (nSPS) is 19.2. The highest BCUT2D eigenvalue weighted by molar-refractivity contribution is 6.31. The van der Waals surface area contributed by atoms with E-state index in [-0.39, 0.29) is 6.61 Å². The Morgan fingerprint density at radius 3 is 2.53 bits per heavy atom. The van der Waals surface area contributed by atoms with Crippen LogP contribution in [0.1, 0.15) is 50.0 Å². The highest BCUT2D eigenvalue weighted by Crippen LogP contribution is 2.40. The van der Waals surface area contributed by atoms with Gasteiger partial charge in [0.05, 0.1) is 0 Å². The van der Waals surface area contributed by atoms with Gasteiger partial charge in [-0.15, -0.1) is 0 Å². The van der Waals surface area contributed by atoms with Crippen molar-refractivity contribution in [3.05, 3.63) is 34.9 Å². The van der Waals surface area contributed by atoms with Crippen LogP contribution in [0, 0.1) is 5.92 Å². The number of aliphatic hydroxyl groups excluding tert-OH is 1. The van der Waals surface area contributed by atoms with Crippen molar-refractivity contribution in [2.24, 2.45) is 5.92 Å². The van der Waals surface area contributed by atoms with Gasteiger partial charge in [-0.1, -0.05) is 49.1 Å². The number of benzene rings is 1. The third kappa shape index (κ3) is 3.23. The van der Waals surface area contributed by atoms with Crippen molar-refractivity contribution in [2.45, 2.75) is 44.4 Å². The molecule has 1 saturated carbocycles. The van der Waals surface area contributed by atoms with Crippen LogP contribution in [0.5, 0.6) is 0 Å². The molecule has 1 aliphatic carbocycles. The molecule has 17 heavy (non-hydrogen) atoms. The monoisotopic (exact) mass is 252 g/mol. The predicted molar refractivity (Wildman–Crippen MR) is 72.5 cm³/mol. The van der Waals surface area contributed by atoms with Gasteiger partial charge in [0.2, 0.25) is 0 Å². The molecule has 2 rings (SSSR count). The molecule has 0 aliphatic heterocycles. The van der Waals surface area contributed by atoms with Crippen LogP contribution in [-0.4, -0.2) is 11.7 Å². The van der Waals surface area contributed by atoms with Gasteiger partial charge in [-0.2, -0.15) is 0 Å². The SMILES string of the molecule is OCCC(c1ccccc1Cl)C1CCCCC1. The van der Waals surface area contributed by atoms with Crippen molar-refractivity contribution in [1.29, 1.82) is 0 Å². The molecule has 0 heterocycles. The number of hydrogen-bond acceptors (Lipinski definition) is 1. The topological polar surface area (TPSA) is 20.2 Å². The van der Waals surface area contributed by atoms with Gasteiger partial charge in [0, 0.05) is 11.6 Å². The second-order valence-corrected chi connectivity index (χ2v) is 5.45. The fourth-order valence-electron chi connectivity index (χ4n) is 3.10. The van der Waals surface area contributed by atoms with Crippen molar-refractivity contribution in [3.8, 4) is 0 Å². The highest BCUT2D eigenvalue weighted by atomic mass is 35.5. The lowest BCUT2D eigenvalue weighted by atomic mass is 9.75. The number of rotatable bonds is 4. The van der Waals surface area contributed by atoms with E-state index in [0.29, 0.717) is 11.8 Å². The minimum absolute atomic E-state index is 0.256. The van der Waals surface area contributed by atoms with Gasteiger partial charge in [-0.3, -0.25) is 0 Å². The van der Waals surface area contributed by atoms with Gasteiger partial charge in [0.1, 0.15) is 0 Å². The van der Waals surface area contributed by atoms with Crippen LogP contribution in [-0.2, 0) is 0 Å². The summed E-state index contributed by atoms with van der Waals surface area (Å²) in [5.41, 5.74) is 1.23. The van der Waals surface area contributed by atoms with E-state index in [2.05, 4.69) is 12.1 Å². The van der Waals surface area contributed by atoms with Gasteiger partial charge < -0.3 is 5.11 Å². The molecule has 0 bridgehead atoms. The molecular formula is C15H21ClO. The van der Waals surface area contributed by atoms with E-state index in [1.165, 1.54) is 37.7 Å². The molecule has 1 aromatic rings. The average molecular weight is 253 g/mol. The van der Waals surface area contributed by atoms with E-state index in [1.807, 2.05) is 12.1 Å². The molecule has 0 saturated heterocycles. The summed E-state index contributed by atoms with van der Waals surface area (Å²) in [6.07, 6.45) is 7.44. The Bertz CT molecular complexity index is 345. The van der Waals surface area contributed by atoms with Crippen LogP contribution < -0.4 is 0 Å². The summed E-state index contributed by atoms with van der Waals surface area (Å²) in [6.45, 7) is 0.256. The quantitative estimate of drug-likeness (QED) is 0.843. The second-order valence-electron chi connectivity index (χ2n) is 5.04. The van der Waals surface area contributed by atoms with Crippen LogP contribution in [0.15, 0.2) is 24.3 Å². The first-order valence-corrected chi connectivity index (χ1v) is 7.06. The maximum absolute atomic E-state index is 9.28. The summed E-state index contributed by atoms with van der Waals surface area (Å²) in [5, 5.41) is 10.1. The first-order valence-electron chi connectivity index (χ1n) is 6.68. The zero-order valence-corrected chi connectivity index (χ0v) is 11.0. The summed E-state index contributed by atoms with van der Waals surface area (Å²) in [6, 6.07) is 8.11. The largest absolute Gasteiger partial charge is 0.396 e. The molecule has 1 unspecified atom stereocenters. The minimum Gasteiger partial charge on any atom is -0.396 e. The van der Waals surface area contributed by atoms with Gasteiger partial charge in [-0.25, -0.2) is 0 Å². The van der Waals surface area contributed by atoms with E-state index in [0.717, 1.165) is 11.4 Å². The van der Waals surface area contributed by atoms with Crippen LogP contribution in [0.3, 0.4) is 0 Å². The van der Waals surface area contributed by atoms with Crippen LogP contribution >= 0.6 is 11.6 Å². The van der Waals surface area contributed by atoms with E-state index >= 15 is 0 Å². The first-order chi connectivity index (χ1) is 8.33. The van der Waals surface area contributed by atoms with Crippen molar-refractivity contribution in [1.82, 2.24) is 0 Å². The van der Waals surface area contributed by atoms with E-state index in [1.54, 1.807) is 0 Å². The van der Waals surface area contributed by atoms with Crippen molar-refractivity contribution >= 4 is 11.6 Å². The number of halogens is 1. The third-order valence-electron chi connectivity index (χ3n) is 3.96. The molecule has 1 N–H and O–H groups in total. The van der Waals surface area contributed by atoms with E-state index in [4.69, 9.17) is 11.6 Å². The average Bonchev–Trinajstić information content (AvgIpc) is 2.38. The van der Waals surface area contributed by atoms with Crippen LogP contribution in [0.2, 0.25) is 5.02 Å². The van der Waals surface area contributed by atoms with E-state index < -0.39 is 0 Å². The maximum Gasteiger partial charge on any atom is 0.0440 e. The maximum atomic E-state index is 9.28. The van der Waals surface area contributed by atoms with Gasteiger partial charge in [-0.05, 0) is 42.7 Å².